The van der Waals surface area contributed by atoms with Crippen LogP contribution in [-0.2, 0) is 9.53 Å². The van der Waals surface area contributed by atoms with Crippen molar-refractivity contribution in [1.82, 2.24) is 0 Å². The number of allylic oxidation sites excluding steroid dienone is 3. The van der Waals surface area contributed by atoms with Crippen molar-refractivity contribution in [3.8, 4) is 0 Å². The third-order valence-corrected chi connectivity index (χ3v) is 6.54. The molecule has 3 aliphatic rings. The molecule has 5 nitrogen and oxygen atoms in total. The average Bonchev–Trinajstić information content (AvgIpc) is 2.92. The van der Waals surface area contributed by atoms with E-state index in [0.717, 1.165) is 0 Å². The van der Waals surface area contributed by atoms with Gasteiger partial charge in [0.15, 0.2) is 34.8 Å². The molecule has 182 valence electrons. The molecule has 0 saturated carbocycles. The number of benzene rings is 3. The Labute approximate surface area is 203 Å². The zero-order valence-corrected chi connectivity index (χ0v) is 18.1. The van der Waals surface area contributed by atoms with Gasteiger partial charge in [-0.2, -0.15) is 0 Å². The molecule has 10 heteroatoms. The second kappa shape index (κ2) is 7.63. The van der Waals surface area contributed by atoms with Crippen LogP contribution in [0.15, 0.2) is 65.4 Å². The summed E-state index contributed by atoms with van der Waals surface area (Å²) >= 11 is 0. The number of hydrogen-bond donors (Lipinski definition) is 0. The lowest BCUT2D eigenvalue weighted by atomic mass is 9.70. The largest absolute Gasteiger partial charge is 0.452 e. The minimum atomic E-state index is -2.46. The zero-order chi connectivity index (χ0) is 26.3. The predicted octanol–water partition coefficient (Wildman–Crippen LogP) is 5.01. The molecule has 1 unspecified atom stereocenters. The van der Waals surface area contributed by atoms with Crippen molar-refractivity contribution in [1.29, 1.82) is 0 Å². The molecule has 0 N–H and O–H groups in total. The molecule has 3 aromatic carbocycles. The van der Waals surface area contributed by atoms with Crippen molar-refractivity contribution in [2.75, 3.05) is 0 Å². The van der Waals surface area contributed by atoms with E-state index in [1.807, 2.05) is 0 Å². The number of ketones is 4. The van der Waals surface area contributed by atoms with Gasteiger partial charge in [0.05, 0.1) is 17.1 Å². The van der Waals surface area contributed by atoms with Crippen LogP contribution in [0.25, 0.3) is 5.76 Å². The van der Waals surface area contributed by atoms with Crippen molar-refractivity contribution in [2.45, 2.75) is 5.92 Å². The topological polar surface area (TPSA) is 77.5 Å². The van der Waals surface area contributed by atoms with E-state index < -0.39 is 86.4 Å². The Morgan fingerprint density at radius 1 is 0.486 bits per heavy atom. The van der Waals surface area contributed by atoms with E-state index in [9.17, 15) is 32.3 Å². The summed E-state index contributed by atoms with van der Waals surface area (Å²) in [5.74, 6) is -19.8. The molecule has 0 fully saturated rings. The Bertz CT molecular complexity index is 1700. The normalized spacial score (nSPS) is 18.4. The van der Waals surface area contributed by atoms with Crippen LogP contribution in [0, 0.1) is 29.1 Å². The lowest BCUT2D eigenvalue weighted by Crippen LogP contribution is -2.37. The fraction of sp³-hybridized carbons (Fsp3) is 0.0370. The predicted molar refractivity (Wildman–Crippen MR) is 115 cm³/mol. The third-order valence-electron chi connectivity index (χ3n) is 6.54. The number of Topliss-reactive ketones (excluding diaryl/α,β-unsaturated/α-hetero) is 4. The molecule has 3 aromatic rings. The average molecular weight is 508 g/mol. The Balaban J connectivity index is 1.75. The monoisotopic (exact) mass is 508 g/mol. The van der Waals surface area contributed by atoms with E-state index in [4.69, 9.17) is 4.74 Å². The number of rotatable bonds is 1. The van der Waals surface area contributed by atoms with Gasteiger partial charge in [0, 0.05) is 27.8 Å². The Kier molecular flexibility index (Phi) is 4.69. The van der Waals surface area contributed by atoms with Gasteiger partial charge < -0.3 is 4.74 Å². The first kappa shape index (κ1) is 22.7. The van der Waals surface area contributed by atoms with E-state index in [1.54, 1.807) is 0 Å². The van der Waals surface area contributed by atoms with Gasteiger partial charge in [-0.25, -0.2) is 22.0 Å². The van der Waals surface area contributed by atoms with Gasteiger partial charge in [0.2, 0.25) is 23.2 Å². The summed E-state index contributed by atoms with van der Waals surface area (Å²) in [4.78, 5) is 53.1. The molecular weight excluding hydrogens is 499 g/mol. The number of halogens is 5. The van der Waals surface area contributed by atoms with Crippen molar-refractivity contribution in [2.24, 2.45) is 0 Å². The third kappa shape index (κ3) is 2.83. The number of fused-ring (bicyclic) bond motifs is 3. The summed E-state index contributed by atoms with van der Waals surface area (Å²) in [6.45, 7) is 0. The van der Waals surface area contributed by atoms with Crippen LogP contribution in [-0.4, -0.2) is 23.1 Å². The molecule has 0 spiro atoms. The minimum absolute atomic E-state index is 0.0540. The molecule has 0 bridgehead atoms. The lowest BCUT2D eigenvalue weighted by molar-refractivity contribution is -0.112. The molecule has 0 radical (unpaired) electrons. The highest BCUT2D eigenvalue weighted by molar-refractivity contribution is 6.53. The maximum atomic E-state index is 15.1. The van der Waals surface area contributed by atoms with E-state index >= 15 is 8.78 Å². The zero-order valence-electron chi connectivity index (χ0n) is 18.1. The standard InChI is InChI=1S/C27H9F5O5/c28-17-14(18(29)20(31)21(32)19(17)30)13-15-22(33)9-5-1-2-6-10(9)24(35)27(15)37-26-12-8-4-3-7-11(12)23(34)25(36)16(13)26/h1-8,13H. The summed E-state index contributed by atoms with van der Waals surface area (Å²) in [7, 11) is 0. The second-order valence-corrected chi connectivity index (χ2v) is 8.41. The van der Waals surface area contributed by atoms with Crippen molar-refractivity contribution in [3.05, 3.63) is 122 Å². The minimum Gasteiger partial charge on any atom is -0.452 e. The van der Waals surface area contributed by atoms with Gasteiger partial charge in [0.25, 0.3) is 0 Å². The smallest absolute Gasteiger partial charge is 0.234 e. The van der Waals surface area contributed by atoms with Crippen LogP contribution >= 0.6 is 0 Å². The number of carbonyl (C=O) groups is 4. The van der Waals surface area contributed by atoms with E-state index in [1.165, 1.54) is 48.5 Å². The van der Waals surface area contributed by atoms with Gasteiger partial charge in [-0.1, -0.05) is 48.5 Å². The van der Waals surface area contributed by atoms with Gasteiger partial charge >= 0.3 is 0 Å². The van der Waals surface area contributed by atoms with Crippen molar-refractivity contribution >= 4 is 28.9 Å². The fourth-order valence-corrected chi connectivity index (χ4v) is 4.89. The maximum Gasteiger partial charge on any atom is 0.234 e. The molecule has 0 saturated heterocycles. The van der Waals surface area contributed by atoms with E-state index in [0.29, 0.717) is 0 Å². The van der Waals surface area contributed by atoms with Gasteiger partial charge in [-0.15, -0.1) is 0 Å². The highest BCUT2D eigenvalue weighted by Crippen LogP contribution is 2.51. The highest BCUT2D eigenvalue weighted by atomic mass is 19.2. The van der Waals surface area contributed by atoms with Gasteiger partial charge in [-0.05, 0) is 0 Å². The molecule has 37 heavy (non-hydrogen) atoms. The van der Waals surface area contributed by atoms with Crippen molar-refractivity contribution in [3.63, 3.8) is 0 Å². The summed E-state index contributed by atoms with van der Waals surface area (Å²) in [6, 6.07) is 10.8. The molecule has 6 rings (SSSR count). The van der Waals surface area contributed by atoms with Crippen LogP contribution in [0.2, 0.25) is 0 Å². The Hall–Kier alpha value is -4.73. The second-order valence-electron chi connectivity index (χ2n) is 8.41. The SMILES string of the molecule is O=C1C(=O)c2ccccc2C2=C1C(c1c(F)c(F)c(F)c(F)c1F)C1=C(O2)C(=O)c2ccccc2C1=O. The summed E-state index contributed by atoms with van der Waals surface area (Å²) in [5, 5.41) is 0. The highest BCUT2D eigenvalue weighted by Gasteiger charge is 2.51. The molecule has 1 atom stereocenters. The van der Waals surface area contributed by atoms with Crippen LogP contribution in [0.1, 0.15) is 48.1 Å². The summed E-state index contributed by atoms with van der Waals surface area (Å²) in [5.41, 5.74) is -3.76. The first-order valence-electron chi connectivity index (χ1n) is 10.7. The van der Waals surface area contributed by atoms with Crippen molar-refractivity contribution < 1.29 is 45.9 Å². The van der Waals surface area contributed by atoms with Crippen LogP contribution < -0.4 is 0 Å². The number of carbonyl (C=O) groups excluding carboxylic acids is 4. The Morgan fingerprint density at radius 3 is 1.49 bits per heavy atom. The van der Waals surface area contributed by atoms with Gasteiger partial charge in [-0.3, -0.25) is 19.2 Å². The maximum absolute atomic E-state index is 15.1. The summed E-state index contributed by atoms with van der Waals surface area (Å²) < 4.78 is 78.5. The molecule has 0 amide bonds. The molecular formula is C27H9F5O5. The Morgan fingerprint density at radius 2 is 0.919 bits per heavy atom. The quantitative estimate of drug-likeness (QED) is 0.200. The molecule has 1 heterocycles. The molecule has 0 aromatic heterocycles. The fourth-order valence-electron chi connectivity index (χ4n) is 4.89. The van der Waals surface area contributed by atoms with E-state index in [2.05, 4.69) is 0 Å². The summed E-state index contributed by atoms with van der Waals surface area (Å²) in [6.07, 6.45) is 0. The number of ether oxygens (including phenoxy) is 1. The first-order valence-corrected chi connectivity index (χ1v) is 10.7. The molecule has 2 aliphatic carbocycles. The number of hydrogen-bond acceptors (Lipinski definition) is 5. The van der Waals surface area contributed by atoms with Crippen LogP contribution in [0.5, 0.6) is 0 Å². The first-order chi connectivity index (χ1) is 17.6. The lowest BCUT2D eigenvalue weighted by Gasteiger charge is -2.35. The van der Waals surface area contributed by atoms with Crippen LogP contribution in [0.3, 0.4) is 0 Å². The van der Waals surface area contributed by atoms with Gasteiger partial charge in [0.1, 0.15) is 5.76 Å². The van der Waals surface area contributed by atoms with Crippen LogP contribution in [0.4, 0.5) is 22.0 Å². The molecule has 1 aliphatic heterocycles. The van der Waals surface area contributed by atoms with E-state index in [-0.39, 0.29) is 22.3 Å².